The van der Waals surface area contributed by atoms with E-state index in [9.17, 15) is 4.79 Å². The topological polar surface area (TPSA) is 29.1 Å². The van der Waals surface area contributed by atoms with Crippen LogP contribution in [0.1, 0.15) is 59.2 Å². The van der Waals surface area contributed by atoms with Crippen molar-refractivity contribution in [2.75, 3.05) is 0 Å². The van der Waals surface area contributed by atoms with Crippen molar-refractivity contribution in [3.05, 3.63) is 70.8 Å². The van der Waals surface area contributed by atoms with Gasteiger partial charge in [0.05, 0.1) is 0 Å². The molecular formula is C22H27NO. The molecular weight excluding hydrogens is 294 g/mol. The minimum absolute atomic E-state index is 0.0825. The fraction of sp³-hybridized carbons (Fsp3) is 0.409. The van der Waals surface area contributed by atoms with Crippen LogP contribution in [0.15, 0.2) is 48.5 Å². The lowest BCUT2D eigenvalue weighted by atomic mass is 9.95. The quantitative estimate of drug-likeness (QED) is 0.838. The van der Waals surface area contributed by atoms with Gasteiger partial charge in [-0.15, -0.1) is 0 Å². The third-order valence-corrected chi connectivity index (χ3v) is 4.95. The SMILES string of the molecule is Cc1ccc(CCc2cccc(C(=O)NC3CCCCC3)c2)cc1. The largest absolute Gasteiger partial charge is 0.349 e. The lowest BCUT2D eigenvalue weighted by Gasteiger charge is -2.22. The number of nitrogens with one attached hydrogen (secondary N) is 1. The molecule has 2 aromatic rings. The Morgan fingerprint density at radius 1 is 0.958 bits per heavy atom. The van der Waals surface area contributed by atoms with E-state index >= 15 is 0 Å². The fourth-order valence-corrected chi connectivity index (χ4v) is 3.43. The molecule has 2 aromatic carbocycles. The second-order valence-electron chi connectivity index (χ2n) is 6.99. The summed E-state index contributed by atoms with van der Waals surface area (Å²) in [6.45, 7) is 2.11. The van der Waals surface area contributed by atoms with E-state index in [4.69, 9.17) is 0 Å². The Hall–Kier alpha value is -2.09. The first-order chi connectivity index (χ1) is 11.7. The molecule has 126 valence electrons. The molecule has 0 atom stereocenters. The van der Waals surface area contributed by atoms with Crippen LogP contribution in [0.4, 0.5) is 0 Å². The van der Waals surface area contributed by atoms with Crippen molar-refractivity contribution < 1.29 is 4.79 Å². The molecule has 0 bridgehead atoms. The second-order valence-corrected chi connectivity index (χ2v) is 6.99. The van der Waals surface area contributed by atoms with Gasteiger partial charge in [0.15, 0.2) is 0 Å². The fourth-order valence-electron chi connectivity index (χ4n) is 3.43. The molecule has 1 N–H and O–H groups in total. The number of aryl methyl sites for hydroxylation is 3. The Labute approximate surface area is 145 Å². The van der Waals surface area contributed by atoms with Crippen LogP contribution in [0.3, 0.4) is 0 Å². The number of amides is 1. The summed E-state index contributed by atoms with van der Waals surface area (Å²) >= 11 is 0. The lowest BCUT2D eigenvalue weighted by Crippen LogP contribution is -2.36. The molecule has 2 heteroatoms. The Kier molecular flexibility index (Phi) is 5.68. The Balaban J connectivity index is 1.58. The van der Waals surface area contributed by atoms with Crippen LogP contribution >= 0.6 is 0 Å². The molecule has 3 rings (SSSR count). The highest BCUT2D eigenvalue weighted by atomic mass is 16.1. The van der Waals surface area contributed by atoms with E-state index in [-0.39, 0.29) is 5.91 Å². The summed E-state index contributed by atoms with van der Waals surface area (Å²) in [5.41, 5.74) is 4.66. The standard InChI is InChI=1S/C22H27NO/c1-17-10-12-18(13-11-17)14-15-19-6-5-7-20(16-19)22(24)23-21-8-3-2-4-9-21/h5-7,10-13,16,21H,2-4,8-9,14-15H2,1H3,(H,23,24). The van der Waals surface area contributed by atoms with E-state index in [1.54, 1.807) is 0 Å². The average Bonchev–Trinajstić information content (AvgIpc) is 2.62. The summed E-state index contributed by atoms with van der Waals surface area (Å²) in [5, 5.41) is 3.20. The zero-order chi connectivity index (χ0) is 16.8. The summed E-state index contributed by atoms with van der Waals surface area (Å²) in [6, 6.07) is 17.1. The Morgan fingerprint density at radius 2 is 1.67 bits per heavy atom. The molecule has 1 fully saturated rings. The summed E-state index contributed by atoms with van der Waals surface area (Å²) in [6.07, 6.45) is 8.00. The van der Waals surface area contributed by atoms with Crippen LogP contribution in [-0.4, -0.2) is 11.9 Å². The molecule has 2 nitrogen and oxygen atoms in total. The van der Waals surface area contributed by atoms with E-state index in [1.807, 2.05) is 18.2 Å². The predicted octanol–water partition coefficient (Wildman–Crippen LogP) is 4.84. The number of carbonyl (C=O) groups excluding carboxylic acids is 1. The van der Waals surface area contributed by atoms with Gasteiger partial charge in [-0.25, -0.2) is 0 Å². The molecule has 24 heavy (non-hydrogen) atoms. The van der Waals surface area contributed by atoms with Gasteiger partial charge in [-0.1, -0.05) is 61.2 Å². The highest BCUT2D eigenvalue weighted by Crippen LogP contribution is 2.18. The van der Waals surface area contributed by atoms with E-state index in [2.05, 4.69) is 42.6 Å². The summed E-state index contributed by atoms with van der Waals surface area (Å²) in [4.78, 5) is 12.5. The maximum absolute atomic E-state index is 12.5. The average molecular weight is 321 g/mol. The van der Waals surface area contributed by atoms with Crippen molar-refractivity contribution in [1.82, 2.24) is 5.32 Å². The Morgan fingerprint density at radius 3 is 2.42 bits per heavy atom. The smallest absolute Gasteiger partial charge is 0.251 e. The van der Waals surface area contributed by atoms with Gasteiger partial charge in [-0.3, -0.25) is 4.79 Å². The molecule has 0 aromatic heterocycles. The van der Waals surface area contributed by atoms with Crippen LogP contribution in [0, 0.1) is 6.92 Å². The third-order valence-electron chi connectivity index (χ3n) is 4.95. The van der Waals surface area contributed by atoms with Gasteiger partial charge in [-0.05, 0) is 55.9 Å². The first kappa shape index (κ1) is 16.8. The molecule has 0 spiro atoms. The first-order valence-electron chi connectivity index (χ1n) is 9.16. The molecule has 0 unspecified atom stereocenters. The maximum Gasteiger partial charge on any atom is 0.251 e. The van der Waals surface area contributed by atoms with E-state index in [0.717, 1.165) is 31.2 Å². The summed E-state index contributed by atoms with van der Waals surface area (Å²) < 4.78 is 0. The van der Waals surface area contributed by atoms with Crippen LogP contribution in [0.2, 0.25) is 0 Å². The van der Waals surface area contributed by atoms with Gasteiger partial charge in [0.2, 0.25) is 0 Å². The van der Waals surface area contributed by atoms with Crippen LogP contribution in [-0.2, 0) is 12.8 Å². The van der Waals surface area contributed by atoms with Crippen molar-refractivity contribution >= 4 is 5.91 Å². The van der Waals surface area contributed by atoms with Gasteiger partial charge in [0.1, 0.15) is 0 Å². The predicted molar refractivity (Wildman–Crippen MR) is 99.4 cm³/mol. The lowest BCUT2D eigenvalue weighted by molar-refractivity contribution is 0.0927. The molecule has 0 aliphatic heterocycles. The van der Waals surface area contributed by atoms with Crippen molar-refractivity contribution in [2.24, 2.45) is 0 Å². The van der Waals surface area contributed by atoms with E-state index in [1.165, 1.54) is 36.0 Å². The van der Waals surface area contributed by atoms with Gasteiger partial charge < -0.3 is 5.32 Å². The van der Waals surface area contributed by atoms with E-state index in [0.29, 0.717) is 6.04 Å². The number of hydrogen-bond donors (Lipinski definition) is 1. The minimum atomic E-state index is 0.0825. The van der Waals surface area contributed by atoms with Crippen molar-refractivity contribution in [1.29, 1.82) is 0 Å². The van der Waals surface area contributed by atoms with Crippen LogP contribution in [0.25, 0.3) is 0 Å². The number of carbonyl (C=O) groups is 1. The molecule has 1 amide bonds. The number of hydrogen-bond acceptors (Lipinski definition) is 1. The van der Waals surface area contributed by atoms with Crippen LogP contribution in [0.5, 0.6) is 0 Å². The number of benzene rings is 2. The highest BCUT2D eigenvalue weighted by Gasteiger charge is 2.16. The summed E-state index contributed by atoms with van der Waals surface area (Å²) in [7, 11) is 0. The normalized spacial score (nSPS) is 15.2. The zero-order valence-corrected chi connectivity index (χ0v) is 14.6. The third kappa shape index (κ3) is 4.70. The first-order valence-corrected chi connectivity index (χ1v) is 9.16. The van der Waals surface area contributed by atoms with Crippen molar-refractivity contribution in [2.45, 2.75) is 57.9 Å². The monoisotopic (exact) mass is 321 g/mol. The van der Waals surface area contributed by atoms with E-state index < -0.39 is 0 Å². The number of rotatable bonds is 5. The van der Waals surface area contributed by atoms with Crippen LogP contribution < -0.4 is 5.32 Å². The van der Waals surface area contributed by atoms with Crippen molar-refractivity contribution in [3.63, 3.8) is 0 Å². The molecule has 1 aliphatic rings. The molecule has 1 aliphatic carbocycles. The molecule has 0 heterocycles. The minimum Gasteiger partial charge on any atom is -0.349 e. The highest BCUT2D eigenvalue weighted by molar-refractivity contribution is 5.94. The zero-order valence-electron chi connectivity index (χ0n) is 14.6. The Bertz CT molecular complexity index is 669. The van der Waals surface area contributed by atoms with Gasteiger partial charge in [0, 0.05) is 11.6 Å². The van der Waals surface area contributed by atoms with Gasteiger partial charge >= 0.3 is 0 Å². The molecule has 1 saturated carbocycles. The van der Waals surface area contributed by atoms with Gasteiger partial charge in [-0.2, -0.15) is 0 Å². The second kappa shape index (κ2) is 8.14. The summed E-state index contributed by atoms with van der Waals surface area (Å²) in [5.74, 6) is 0.0825. The van der Waals surface area contributed by atoms with Gasteiger partial charge in [0.25, 0.3) is 5.91 Å². The molecule has 0 radical (unpaired) electrons. The maximum atomic E-state index is 12.5. The molecule has 0 saturated heterocycles. The van der Waals surface area contributed by atoms with Crippen molar-refractivity contribution in [3.8, 4) is 0 Å².